The normalized spacial score (nSPS) is 18.4. The number of aromatic nitrogens is 1. The van der Waals surface area contributed by atoms with Crippen LogP contribution in [-0.4, -0.2) is 51.4 Å². The van der Waals surface area contributed by atoms with Crippen molar-refractivity contribution in [1.82, 2.24) is 9.88 Å². The number of hydrogen-bond acceptors (Lipinski definition) is 4. The van der Waals surface area contributed by atoms with Gasteiger partial charge in [-0.2, -0.15) is 0 Å². The van der Waals surface area contributed by atoms with Crippen molar-refractivity contribution in [3.8, 4) is 0 Å². The zero-order valence-corrected chi connectivity index (χ0v) is 10.0. The molecule has 0 atom stereocenters. The predicted octanol–water partition coefficient (Wildman–Crippen LogP) is 0.998. The number of anilines is 1. The van der Waals surface area contributed by atoms with Crippen LogP contribution >= 0.6 is 0 Å². The number of hydrogen-bond donors (Lipinski definition) is 3. The number of amides is 1. The number of piperidine rings is 1. The molecule has 18 heavy (non-hydrogen) atoms. The van der Waals surface area contributed by atoms with E-state index in [4.69, 9.17) is 5.11 Å². The lowest BCUT2D eigenvalue weighted by molar-refractivity contribution is -0.00588. The molecular weight excluding hydrogens is 234 g/mol. The highest BCUT2D eigenvalue weighted by atomic mass is 16.4. The maximum atomic E-state index is 10.8. The van der Waals surface area contributed by atoms with E-state index in [0.717, 1.165) is 5.69 Å². The number of aliphatic hydroxyl groups is 1. The minimum atomic E-state index is -0.917. The van der Waals surface area contributed by atoms with Crippen molar-refractivity contribution in [3.63, 3.8) is 0 Å². The third kappa shape index (κ3) is 3.10. The molecule has 1 aromatic rings. The summed E-state index contributed by atoms with van der Waals surface area (Å²) in [4.78, 5) is 16.0. The number of nitrogens with one attached hydrogen (secondary N) is 1. The highest BCUT2D eigenvalue weighted by Gasteiger charge is 2.33. The Labute approximate surface area is 105 Å². The molecule has 1 aliphatic rings. The third-order valence-electron chi connectivity index (χ3n) is 3.27. The lowest BCUT2D eigenvalue weighted by Crippen LogP contribution is -2.49. The molecule has 2 rings (SSSR count). The second-order valence-electron chi connectivity index (χ2n) is 4.58. The maximum absolute atomic E-state index is 10.8. The Hall–Kier alpha value is -1.82. The number of carbonyl (C=O) groups is 1. The van der Waals surface area contributed by atoms with Crippen LogP contribution in [0.25, 0.3) is 0 Å². The van der Waals surface area contributed by atoms with Crippen LogP contribution in [0.5, 0.6) is 0 Å². The van der Waals surface area contributed by atoms with Gasteiger partial charge in [0.2, 0.25) is 0 Å². The summed E-state index contributed by atoms with van der Waals surface area (Å²) < 4.78 is 0. The van der Waals surface area contributed by atoms with Gasteiger partial charge in [-0.25, -0.2) is 4.79 Å². The maximum Gasteiger partial charge on any atom is 0.407 e. The number of nitrogens with zero attached hydrogens (tertiary/aromatic N) is 2. The molecule has 1 aliphatic heterocycles. The molecule has 2 heterocycles. The highest BCUT2D eigenvalue weighted by Crippen LogP contribution is 2.22. The van der Waals surface area contributed by atoms with Crippen LogP contribution in [0.2, 0.25) is 0 Å². The van der Waals surface area contributed by atoms with Crippen molar-refractivity contribution in [3.05, 3.63) is 24.5 Å². The van der Waals surface area contributed by atoms with E-state index in [1.54, 1.807) is 12.4 Å². The fourth-order valence-corrected chi connectivity index (χ4v) is 2.03. The molecule has 0 radical (unpaired) electrons. The first-order valence-electron chi connectivity index (χ1n) is 5.93. The van der Waals surface area contributed by atoms with E-state index in [9.17, 15) is 9.90 Å². The molecule has 0 bridgehead atoms. The lowest BCUT2D eigenvalue weighted by Gasteiger charge is -2.37. The van der Waals surface area contributed by atoms with Crippen LogP contribution in [-0.2, 0) is 0 Å². The van der Waals surface area contributed by atoms with Crippen LogP contribution in [0, 0.1) is 0 Å². The van der Waals surface area contributed by atoms with Gasteiger partial charge < -0.3 is 20.4 Å². The van der Waals surface area contributed by atoms with E-state index in [1.807, 2.05) is 12.1 Å². The summed E-state index contributed by atoms with van der Waals surface area (Å²) in [5, 5.41) is 22.3. The molecule has 1 saturated heterocycles. The van der Waals surface area contributed by atoms with Gasteiger partial charge >= 0.3 is 6.09 Å². The van der Waals surface area contributed by atoms with Crippen LogP contribution in [0.15, 0.2) is 24.5 Å². The SMILES string of the molecule is O=C(O)N1CCC(O)(CNc2ccncc2)CC1. The van der Waals surface area contributed by atoms with E-state index >= 15 is 0 Å². The molecule has 0 saturated carbocycles. The van der Waals surface area contributed by atoms with Crippen molar-refractivity contribution >= 4 is 11.8 Å². The van der Waals surface area contributed by atoms with Gasteiger partial charge in [0, 0.05) is 37.7 Å². The van der Waals surface area contributed by atoms with Crippen molar-refractivity contribution in [2.45, 2.75) is 18.4 Å². The molecule has 6 heteroatoms. The number of carboxylic acid groups (broad SMARTS) is 1. The zero-order valence-electron chi connectivity index (χ0n) is 10.0. The first kappa shape index (κ1) is 12.6. The highest BCUT2D eigenvalue weighted by molar-refractivity contribution is 5.65. The Balaban J connectivity index is 1.85. The Morgan fingerprint density at radius 2 is 2.00 bits per heavy atom. The van der Waals surface area contributed by atoms with E-state index in [-0.39, 0.29) is 0 Å². The standard InChI is InChI=1S/C12H17N3O3/c16-11(17)15-7-3-12(18,4-8-15)9-14-10-1-5-13-6-2-10/h1-2,5-6,18H,3-4,7-9H2,(H,13,14)(H,16,17). The van der Waals surface area contributed by atoms with Gasteiger partial charge in [-0.15, -0.1) is 0 Å². The molecule has 3 N–H and O–H groups in total. The molecule has 0 spiro atoms. The monoisotopic (exact) mass is 251 g/mol. The Bertz CT molecular complexity index is 402. The van der Waals surface area contributed by atoms with E-state index in [2.05, 4.69) is 10.3 Å². The summed E-state index contributed by atoms with van der Waals surface area (Å²) in [5.41, 5.74) is 0.0639. The number of pyridine rings is 1. The Morgan fingerprint density at radius 3 is 2.56 bits per heavy atom. The van der Waals surface area contributed by atoms with Crippen LogP contribution in [0.1, 0.15) is 12.8 Å². The van der Waals surface area contributed by atoms with Crippen molar-refractivity contribution in [2.24, 2.45) is 0 Å². The molecule has 1 amide bonds. The van der Waals surface area contributed by atoms with Gasteiger partial charge in [-0.05, 0) is 25.0 Å². The predicted molar refractivity (Wildman–Crippen MR) is 66.5 cm³/mol. The molecule has 0 unspecified atom stereocenters. The molecule has 0 aromatic carbocycles. The number of likely N-dealkylation sites (tertiary alicyclic amines) is 1. The van der Waals surface area contributed by atoms with Crippen molar-refractivity contribution in [2.75, 3.05) is 25.0 Å². The fraction of sp³-hybridized carbons (Fsp3) is 0.500. The molecule has 1 aromatic heterocycles. The summed E-state index contributed by atoms with van der Waals surface area (Å²) in [7, 11) is 0. The zero-order chi connectivity index (χ0) is 13.0. The van der Waals surface area contributed by atoms with Crippen LogP contribution < -0.4 is 5.32 Å². The van der Waals surface area contributed by atoms with E-state index in [0.29, 0.717) is 32.5 Å². The molecule has 1 fully saturated rings. The van der Waals surface area contributed by atoms with E-state index in [1.165, 1.54) is 4.90 Å². The van der Waals surface area contributed by atoms with Crippen molar-refractivity contribution in [1.29, 1.82) is 0 Å². The summed E-state index contributed by atoms with van der Waals surface area (Å²) in [5.74, 6) is 0. The van der Waals surface area contributed by atoms with Gasteiger partial charge in [-0.3, -0.25) is 4.98 Å². The smallest absolute Gasteiger partial charge is 0.407 e. The largest absolute Gasteiger partial charge is 0.465 e. The Morgan fingerprint density at radius 1 is 1.39 bits per heavy atom. The first-order chi connectivity index (χ1) is 8.59. The Kier molecular flexibility index (Phi) is 3.66. The average molecular weight is 251 g/mol. The van der Waals surface area contributed by atoms with Gasteiger partial charge in [0.05, 0.1) is 5.60 Å². The molecular formula is C12H17N3O3. The van der Waals surface area contributed by atoms with Crippen LogP contribution in [0.4, 0.5) is 10.5 Å². The summed E-state index contributed by atoms with van der Waals surface area (Å²) in [6.45, 7) is 1.18. The fourth-order valence-electron chi connectivity index (χ4n) is 2.03. The van der Waals surface area contributed by atoms with Gasteiger partial charge in [0.1, 0.15) is 0 Å². The second kappa shape index (κ2) is 5.22. The molecule has 6 nitrogen and oxygen atoms in total. The van der Waals surface area contributed by atoms with Gasteiger partial charge in [0.25, 0.3) is 0 Å². The first-order valence-corrected chi connectivity index (χ1v) is 5.93. The summed E-state index contributed by atoms with van der Waals surface area (Å²) >= 11 is 0. The second-order valence-corrected chi connectivity index (χ2v) is 4.58. The minimum Gasteiger partial charge on any atom is -0.465 e. The quantitative estimate of drug-likeness (QED) is 0.746. The topological polar surface area (TPSA) is 85.7 Å². The number of rotatable bonds is 3. The van der Waals surface area contributed by atoms with E-state index < -0.39 is 11.7 Å². The van der Waals surface area contributed by atoms with Gasteiger partial charge in [-0.1, -0.05) is 0 Å². The van der Waals surface area contributed by atoms with Crippen LogP contribution in [0.3, 0.4) is 0 Å². The lowest BCUT2D eigenvalue weighted by atomic mass is 9.91. The molecule has 98 valence electrons. The summed E-state index contributed by atoms with van der Waals surface area (Å²) in [6, 6.07) is 3.66. The third-order valence-corrected chi connectivity index (χ3v) is 3.27. The average Bonchev–Trinajstić information content (AvgIpc) is 2.38. The van der Waals surface area contributed by atoms with Crippen molar-refractivity contribution < 1.29 is 15.0 Å². The minimum absolute atomic E-state index is 0.379. The summed E-state index contributed by atoms with van der Waals surface area (Å²) in [6.07, 6.45) is 3.35. The molecule has 0 aliphatic carbocycles. The van der Waals surface area contributed by atoms with Gasteiger partial charge in [0.15, 0.2) is 0 Å².